The predicted molar refractivity (Wildman–Crippen MR) is 59.9 cm³/mol. The van der Waals surface area contributed by atoms with Crippen molar-refractivity contribution in [3.8, 4) is 5.69 Å². The number of aromatic nitrogens is 4. The first-order valence-corrected chi connectivity index (χ1v) is 5.17. The number of hydrogen-bond acceptors (Lipinski definition) is 4. The first-order valence-electron chi connectivity index (χ1n) is 5.17. The zero-order chi connectivity index (χ0) is 12.4. The van der Waals surface area contributed by atoms with Crippen LogP contribution in [0.5, 0.6) is 0 Å². The maximum absolute atomic E-state index is 10.9. The van der Waals surface area contributed by atoms with Gasteiger partial charge in [0, 0.05) is 0 Å². The molecule has 0 aliphatic heterocycles. The normalized spacial score (nSPS) is 12.4. The number of benzene rings is 1. The first-order chi connectivity index (χ1) is 8.09. The van der Waals surface area contributed by atoms with Gasteiger partial charge < -0.3 is 5.11 Å². The highest BCUT2D eigenvalue weighted by molar-refractivity contribution is 5.74. The average molecular weight is 232 g/mol. The minimum Gasteiger partial charge on any atom is -0.481 e. The number of rotatable bonds is 3. The van der Waals surface area contributed by atoms with E-state index in [0.717, 1.165) is 11.3 Å². The fourth-order valence-electron chi connectivity index (χ4n) is 1.52. The van der Waals surface area contributed by atoms with Crippen LogP contribution in [0.3, 0.4) is 0 Å². The molecule has 2 rings (SSSR count). The molecule has 0 spiro atoms. The second-order valence-electron chi connectivity index (χ2n) is 3.85. The van der Waals surface area contributed by atoms with Crippen LogP contribution >= 0.6 is 0 Å². The smallest absolute Gasteiger partial charge is 0.314 e. The van der Waals surface area contributed by atoms with E-state index < -0.39 is 11.9 Å². The molecule has 0 fully saturated rings. The van der Waals surface area contributed by atoms with Gasteiger partial charge in [-0.15, -0.1) is 5.10 Å². The molecule has 6 nitrogen and oxygen atoms in total. The second-order valence-corrected chi connectivity index (χ2v) is 3.85. The molecule has 1 aromatic heterocycles. The Kier molecular flexibility index (Phi) is 2.86. The second kappa shape index (κ2) is 4.32. The van der Waals surface area contributed by atoms with Crippen LogP contribution in [0, 0.1) is 6.92 Å². The molecule has 1 N–H and O–H groups in total. The lowest BCUT2D eigenvalue weighted by Crippen LogP contribution is -2.14. The molecule has 0 amide bonds. The van der Waals surface area contributed by atoms with Gasteiger partial charge in [-0.25, -0.2) is 0 Å². The lowest BCUT2D eigenvalue weighted by atomic mass is 10.1. The fourth-order valence-corrected chi connectivity index (χ4v) is 1.52. The Morgan fingerprint density at radius 2 is 2.24 bits per heavy atom. The maximum atomic E-state index is 10.9. The molecule has 0 bridgehead atoms. The predicted octanol–water partition coefficient (Wildman–Crippen LogP) is 1.16. The van der Waals surface area contributed by atoms with Crippen LogP contribution in [-0.4, -0.2) is 31.3 Å². The summed E-state index contributed by atoms with van der Waals surface area (Å²) in [7, 11) is 0. The molecule has 17 heavy (non-hydrogen) atoms. The largest absolute Gasteiger partial charge is 0.481 e. The minimum atomic E-state index is -0.950. The van der Waals surface area contributed by atoms with Crippen LogP contribution in [-0.2, 0) is 4.79 Å². The van der Waals surface area contributed by atoms with Crippen LogP contribution in [0.2, 0.25) is 0 Å². The Morgan fingerprint density at radius 3 is 2.88 bits per heavy atom. The molecule has 0 saturated heterocycles. The van der Waals surface area contributed by atoms with E-state index in [-0.39, 0.29) is 0 Å². The number of aliphatic carboxylic acids is 1. The lowest BCUT2D eigenvalue weighted by Gasteiger charge is -2.07. The van der Waals surface area contributed by atoms with Gasteiger partial charge in [0.1, 0.15) is 5.92 Å². The van der Waals surface area contributed by atoms with Crippen LogP contribution in [0.15, 0.2) is 24.3 Å². The van der Waals surface area contributed by atoms with Crippen LogP contribution in [0.1, 0.15) is 24.2 Å². The average Bonchev–Trinajstić information content (AvgIpc) is 2.76. The third kappa shape index (κ3) is 2.15. The highest BCUT2D eigenvalue weighted by Crippen LogP contribution is 2.16. The van der Waals surface area contributed by atoms with E-state index in [1.54, 1.807) is 6.92 Å². The number of carbonyl (C=O) groups is 1. The molecule has 0 aliphatic rings. The Labute approximate surface area is 97.9 Å². The molecular weight excluding hydrogens is 220 g/mol. The van der Waals surface area contributed by atoms with Crippen molar-refractivity contribution < 1.29 is 9.90 Å². The van der Waals surface area contributed by atoms with Gasteiger partial charge in [0.25, 0.3) is 0 Å². The van der Waals surface area contributed by atoms with Crippen molar-refractivity contribution in [1.82, 2.24) is 20.2 Å². The van der Waals surface area contributed by atoms with Gasteiger partial charge >= 0.3 is 5.97 Å². The summed E-state index contributed by atoms with van der Waals surface area (Å²) < 4.78 is 1.45. The maximum Gasteiger partial charge on any atom is 0.314 e. The van der Waals surface area contributed by atoms with E-state index in [4.69, 9.17) is 5.11 Å². The Balaban J connectivity index is 2.47. The number of nitrogens with zero attached hydrogens (tertiary/aromatic N) is 4. The van der Waals surface area contributed by atoms with Crippen molar-refractivity contribution >= 4 is 5.97 Å². The molecular formula is C11H12N4O2. The zero-order valence-electron chi connectivity index (χ0n) is 9.53. The quantitative estimate of drug-likeness (QED) is 0.858. The van der Waals surface area contributed by atoms with Gasteiger partial charge in [0.05, 0.1) is 5.69 Å². The van der Waals surface area contributed by atoms with Gasteiger partial charge in [-0.1, -0.05) is 12.1 Å². The van der Waals surface area contributed by atoms with Gasteiger partial charge in [-0.3, -0.25) is 4.79 Å². The standard InChI is InChI=1S/C11H12N4O2/c1-7-4-3-5-9(6-7)15-10(12-13-14-15)8(2)11(16)17/h3-6,8H,1-2H3,(H,16,17). The monoisotopic (exact) mass is 232 g/mol. The molecule has 1 unspecified atom stereocenters. The molecule has 2 aromatic rings. The van der Waals surface area contributed by atoms with Crippen molar-refractivity contribution in [3.63, 3.8) is 0 Å². The van der Waals surface area contributed by atoms with E-state index >= 15 is 0 Å². The SMILES string of the molecule is Cc1cccc(-n2nnnc2C(C)C(=O)O)c1. The van der Waals surface area contributed by atoms with E-state index in [2.05, 4.69) is 15.5 Å². The van der Waals surface area contributed by atoms with Crippen molar-refractivity contribution in [2.45, 2.75) is 19.8 Å². The fraction of sp³-hybridized carbons (Fsp3) is 0.273. The summed E-state index contributed by atoms with van der Waals surface area (Å²) in [5.74, 6) is -1.37. The Morgan fingerprint density at radius 1 is 1.47 bits per heavy atom. The van der Waals surface area contributed by atoms with Crippen molar-refractivity contribution in [2.24, 2.45) is 0 Å². The van der Waals surface area contributed by atoms with E-state index in [1.165, 1.54) is 4.68 Å². The third-order valence-electron chi connectivity index (χ3n) is 2.50. The molecule has 1 aromatic carbocycles. The van der Waals surface area contributed by atoms with E-state index in [9.17, 15) is 4.79 Å². The molecule has 0 radical (unpaired) electrons. The summed E-state index contributed by atoms with van der Waals surface area (Å²) in [5, 5.41) is 20.1. The summed E-state index contributed by atoms with van der Waals surface area (Å²) in [6.45, 7) is 3.51. The zero-order valence-corrected chi connectivity index (χ0v) is 9.53. The van der Waals surface area contributed by atoms with E-state index in [0.29, 0.717) is 5.82 Å². The lowest BCUT2D eigenvalue weighted by molar-refractivity contribution is -0.138. The number of carboxylic acids is 1. The molecule has 1 atom stereocenters. The van der Waals surface area contributed by atoms with Crippen molar-refractivity contribution in [3.05, 3.63) is 35.7 Å². The number of tetrazole rings is 1. The van der Waals surface area contributed by atoms with Gasteiger partial charge in [-0.05, 0) is 42.0 Å². The van der Waals surface area contributed by atoms with Crippen molar-refractivity contribution in [1.29, 1.82) is 0 Å². The Bertz CT molecular complexity index is 550. The highest BCUT2D eigenvalue weighted by Gasteiger charge is 2.21. The summed E-state index contributed by atoms with van der Waals surface area (Å²) in [6, 6.07) is 7.56. The van der Waals surface area contributed by atoms with Crippen molar-refractivity contribution in [2.75, 3.05) is 0 Å². The number of hydrogen-bond donors (Lipinski definition) is 1. The summed E-state index contributed by atoms with van der Waals surface area (Å²) in [5.41, 5.74) is 1.82. The van der Waals surface area contributed by atoms with Crippen LogP contribution in [0.25, 0.3) is 5.69 Å². The van der Waals surface area contributed by atoms with Gasteiger partial charge in [-0.2, -0.15) is 4.68 Å². The first kappa shape index (κ1) is 11.3. The summed E-state index contributed by atoms with van der Waals surface area (Å²) in [4.78, 5) is 10.9. The van der Waals surface area contributed by atoms with Gasteiger partial charge in [0.15, 0.2) is 5.82 Å². The summed E-state index contributed by atoms with van der Waals surface area (Å²) in [6.07, 6.45) is 0. The van der Waals surface area contributed by atoms with Crippen LogP contribution in [0.4, 0.5) is 0 Å². The molecule has 1 heterocycles. The molecule has 0 aliphatic carbocycles. The third-order valence-corrected chi connectivity index (χ3v) is 2.50. The minimum absolute atomic E-state index is 0.322. The highest BCUT2D eigenvalue weighted by atomic mass is 16.4. The summed E-state index contributed by atoms with van der Waals surface area (Å²) >= 11 is 0. The number of carboxylic acid groups (broad SMARTS) is 1. The molecule has 0 saturated carbocycles. The van der Waals surface area contributed by atoms with Gasteiger partial charge in [0.2, 0.25) is 0 Å². The molecule has 6 heteroatoms. The van der Waals surface area contributed by atoms with E-state index in [1.807, 2.05) is 31.2 Å². The number of aryl methyl sites for hydroxylation is 1. The van der Waals surface area contributed by atoms with Crippen LogP contribution < -0.4 is 0 Å². The Hall–Kier alpha value is -2.24. The molecule has 88 valence electrons. The topological polar surface area (TPSA) is 80.9 Å².